The molecule has 1 aliphatic rings. The van der Waals surface area contributed by atoms with Crippen LogP contribution in [0.3, 0.4) is 0 Å². The molecule has 1 aliphatic carbocycles. The Morgan fingerprint density at radius 1 is 1.17 bits per heavy atom. The molecule has 0 fully saturated rings. The Hall–Kier alpha value is -2.92. The van der Waals surface area contributed by atoms with Crippen molar-refractivity contribution in [3.63, 3.8) is 0 Å². The van der Waals surface area contributed by atoms with E-state index < -0.39 is 0 Å². The number of nitrogens with zero attached hydrogens (tertiary/aromatic N) is 2. The Morgan fingerprint density at radius 2 is 1.92 bits per heavy atom. The topological polar surface area (TPSA) is 84.6 Å². The molecule has 3 rings (SSSR count). The fraction of sp³-hybridized carbons (Fsp3) is 0.0556. The van der Waals surface area contributed by atoms with E-state index in [0.717, 1.165) is 11.3 Å². The van der Waals surface area contributed by atoms with Gasteiger partial charge in [0.2, 0.25) is 5.95 Å². The molecule has 5 nitrogen and oxygen atoms in total. The number of hydrogen-bond acceptors (Lipinski definition) is 4. The van der Waals surface area contributed by atoms with Gasteiger partial charge in [0.05, 0.1) is 22.5 Å². The van der Waals surface area contributed by atoms with E-state index in [1.165, 1.54) is 0 Å². The van der Waals surface area contributed by atoms with Crippen LogP contribution in [0, 0.1) is 5.41 Å². The summed E-state index contributed by atoms with van der Waals surface area (Å²) >= 11 is 5.90. The van der Waals surface area contributed by atoms with Gasteiger partial charge >= 0.3 is 0 Å². The molecule has 0 aliphatic heterocycles. The van der Waals surface area contributed by atoms with Crippen molar-refractivity contribution in [2.45, 2.75) is 0 Å². The van der Waals surface area contributed by atoms with Gasteiger partial charge in [-0.25, -0.2) is 9.97 Å². The van der Waals surface area contributed by atoms with Gasteiger partial charge in [-0.3, -0.25) is 5.41 Å². The van der Waals surface area contributed by atoms with Gasteiger partial charge in [0.25, 0.3) is 5.76 Å². The zero-order valence-electron chi connectivity index (χ0n) is 13.0. The van der Waals surface area contributed by atoms with Crippen LogP contribution >= 0.6 is 11.6 Å². The molecule has 2 aromatic rings. The largest absolute Gasteiger partial charge is 0.592 e. The number of halogens is 1. The van der Waals surface area contributed by atoms with Crippen LogP contribution in [0.5, 0.6) is 0 Å². The van der Waals surface area contributed by atoms with Crippen LogP contribution in [0.2, 0.25) is 5.02 Å². The molecule has 0 atom stereocenters. The first kappa shape index (κ1) is 16.0. The lowest BCUT2D eigenvalue weighted by molar-refractivity contribution is 0.510. The minimum atomic E-state index is 0.279. The first-order valence-electron chi connectivity index (χ1n) is 7.30. The van der Waals surface area contributed by atoms with E-state index in [1.54, 1.807) is 55.7 Å². The third kappa shape index (κ3) is 3.21. The summed E-state index contributed by atoms with van der Waals surface area (Å²) in [5.41, 5.74) is 3.11. The molecule has 0 radical (unpaired) electrons. The van der Waals surface area contributed by atoms with Gasteiger partial charge in [-0.1, -0.05) is 17.7 Å². The van der Waals surface area contributed by atoms with Crippen LogP contribution in [0.15, 0.2) is 60.3 Å². The molecule has 0 amide bonds. The van der Waals surface area contributed by atoms with Crippen LogP contribution in [0.4, 0.5) is 5.95 Å². The van der Waals surface area contributed by atoms with Gasteiger partial charge in [0.1, 0.15) is 0 Å². The lowest BCUT2D eigenvalue weighted by Crippen LogP contribution is -2.06. The average molecular weight is 340 g/mol. The lowest BCUT2D eigenvalue weighted by atomic mass is 9.95. The molecule has 24 heavy (non-hydrogen) atoms. The highest BCUT2D eigenvalue weighted by Gasteiger charge is 2.19. The van der Waals surface area contributed by atoms with Gasteiger partial charge < -0.3 is 10.4 Å². The van der Waals surface area contributed by atoms with Crippen molar-refractivity contribution in [3.8, 4) is 0 Å². The van der Waals surface area contributed by atoms with Crippen LogP contribution in [-0.2, 0) is 0 Å². The fourth-order valence-electron chi connectivity index (χ4n) is 2.32. The van der Waals surface area contributed by atoms with Crippen molar-refractivity contribution in [2.24, 2.45) is 0 Å². The highest BCUT2D eigenvalue weighted by Crippen LogP contribution is 2.27. The Labute approximate surface area is 144 Å². The smallest absolute Gasteiger partial charge is 0.270 e. The van der Waals surface area contributed by atoms with E-state index in [-0.39, 0.29) is 5.76 Å². The average Bonchev–Trinajstić information content (AvgIpc) is 2.62. The quantitative estimate of drug-likeness (QED) is 0.664. The first-order valence-corrected chi connectivity index (χ1v) is 7.68. The van der Waals surface area contributed by atoms with Gasteiger partial charge in [0.15, 0.2) is 0 Å². The van der Waals surface area contributed by atoms with Gasteiger partial charge in [-0.2, -0.15) is 0 Å². The van der Waals surface area contributed by atoms with E-state index >= 15 is 0 Å². The molecule has 1 aromatic carbocycles. The van der Waals surface area contributed by atoms with Gasteiger partial charge in [-0.05, 0) is 42.5 Å². The molecule has 1 aromatic heterocycles. The van der Waals surface area contributed by atoms with Crippen molar-refractivity contribution in [1.82, 2.24) is 9.97 Å². The van der Waals surface area contributed by atoms with Crippen molar-refractivity contribution in [1.29, 1.82) is 5.41 Å². The standard InChI is InChI=1S/C18H15ClN4O/c1-21-18-22-9-8-16(23-18)12-4-7-15(20)14(10-12)17(24)11-2-5-13(19)6-3-11/h2-10,20,24H,1H3,(H,21,22,23)/p+1/b17-14-,20-15?. The third-order valence-corrected chi connectivity index (χ3v) is 3.85. The lowest BCUT2D eigenvalue weighted by Gasteiger charge is -2.11. The summed E-state index contributed by atoms with van der Waals surface area (Å²) in [4.78, 5) is 8.50. The molecular formula is C18H16ClN4O+. The summed E-state index contributed by atoms with van der Waals surface area (Å²) in [6.45, 7) is 0. The fourth-order valence-corrected chi connectivity index (χ4v) is 2.45. The summed E-state index contributed by atoms with van der Waals surface area (Å²) in [6, 6.07) is 8.83. The van der Waals surface area contributed by atoms with Crippen molar-refractivity contribution in [3.05, 3.63) is 76.6 Å². The van der Waals surface area contributed by atoms with Crippen molar-refractivity contribution < 1.29 is 5.11 Å². The number of rotatable bonds is 3. The summed E-state index contributed by atoms with van der Waals surface area (Å²) < 4.78 is 0. The number of benzene rings is 1. The van der Waals surface area contributed by atoms with E-state index in [2.05, 4.69) is 15.3 Å². The monoisotopic (exact) mass is 339 g/mol. The van der Waals surface area contributed by atoms with E-state index in [9.17, 15) is 0 Å². The summed E-state index contributed by atoms with van der Waals surface area (Å²) in [5.74, 6) is 0.804. The molecule has 6 heteroatoms. The molecule has 0 saturated carbocycles. The minimum Gasteiger partial charge on any atom is -0.592 e. The number of aromatic nitrogens is 2. The first-order chi connectivity index (χ1) is 11.6. The zero-order chi connectivity index (χ0) is 17.1. The summed E-state index contributed by atoms with van der Waals surface area (Å²) in [5, 5.41) is 20.1. The number of nitrogens with one attached hydrogen (secondary N) is 2. The minimum absolute atomic E-state index is 0.279. The molecule has 1 heterocycles. The predicted octanol–water partition coefficient (Wildman–Crippen LogP) is 3.28. The van der Waals surface area contributed by atoms with Crippen LogP contribution in [-0.4, -0.2) is 27.8 Å². The van der Waals surface area contributed by atoms with Crippen molar-refractivity contribution in [2.75, 3.05) is 12.4 Å². The Morgan fingerprint density at radius 3 is 2.62 bits per heavy atom. The van der Waals surface area contributed by atoms with Crippen LogP contribution in [0.1, 0.15) is 11.3 Å². The highest BCUT2D eigenvalue weighted by molar-refractivity contribution is 6.30. The van der Waals surface area contributed by atoms with Crippen molar-refractivity contribution >= 4 is 34.6 Å². The number of allylic oxidation sites excluding steroid dienone is 5. The van der Waals surface area contributed by atoms with Crippen LogP contribution in [0.25, 0.3) is 11.3 Å². The SMILES string of the molecule is CNc1nccc(C2=C/C(=C(/[OH2+])c3ccc(Cl)cc3)C(=N)C=C2)n1. The van der Waals surface area contributed by atoms with Crippen LogP contribution < -0.4 is 5.32 Å². The molecule has 0 unspecified atom stereocenters. The molecule has 4 N–H and O–H groups in total. The normalized spacial score (nSPS) is 15.9. The number of anilines is 1. The molecule has 120 valence electrons. The second kappa shape index (κ2) is 6.68. The maximum Gasteiger partial charge on any atom is 0.270 e. The third-order valence-electron chi connectivity index (χ3n) is 3.60. The Bertz CT molecular complexity index is 882. The summed E-state index contributed by atoms with van der Waals surface area (Å²) in [7, 11) is 1.76. The number of hydrogen-bond donors (Lipinski definition) is 2. The summed E-state index contributed by atoms with van der Waals surface area (Å²) in [6.07, 6.45) is 6.98. The Balaban J connectivity index is 2.05. The predicted molar refractivity (Wildman–Crippen MR) is 98.4 cm³/mol. The van der Waals surface area contributed by atoms with Gasteiger partial charge in [-0.15, -0.1) is 0 Å². The molecule has 0 saturated heterocycles. The Kier molecular flexibility index (Phi) is 4.44. The van der Waals surface area contributed by atoms with Gasteiger partial charge in [0, 0.05) is 23.8 Å². The van der Waals surface area contributed by atoms with E-state index in [4.69, 9.17) is 22.1 Å². The molecular weight excluding hydrogens is 324 g/mol. The maximum absolute atomic E-state index is 8.41. The maximum atomic E-state index is 8.41. The second-order valence-corrected chi connectivity index (χ2v) is 5.59. The molecule has 0 spiro atoms. The molecule has 0 bridgehead atoms. The zero-order valence-corrected chi connectivity index (χ0v) is 13.7. The van der Waals surface area contributed by atoms with E-state index in [1.807, 2.05) is 6.08 Å². The van der Waals surface area contributed by atoms with E-state index in [0.29, 0.717) is 27.8 Å². The highest BCUT2D eigenvalue weighted by atomic mass is 35.5. The second-order valence-electron chi connectivity index (χ2n) is 5.16.